The van der Waals surface area contributed by atoms with Gasteiger partial charge in [0.15, 0.2) is 0 Å². The molecule has 0 saturated heterocycles. The van der Waals surface area contributed by atoms with E-state index in [9.17, 15) is 4.79 Å². The fourth-order valence-electron chi connectivity index (χ4n) is 3.08. The molecule has 138 valence electrons. The second-order valence-corrected chi connectivity index (χ2v) is 6.98. The minimum Gasteiger partial charge on any atom is -0.326 e. The molecule has 0 fully saturated rings. The lowest BCUT2D eigenvalue weighted by atomic mass is 10.0. The van der Waals surface area contributed by atoms with Crippen molar-refractivity contribution in [3.63, 3.8) is 0 Å². The van der Waals surface area contributed by atoms with Gasteiger partial charge in [0.1, 0.15) is 0 Å². The maximum absolute atomic E-state index is 11.3. The van der Waals surface area contributed by atoms with Gasteiger partial charge in [-0.25, -0.2) is 0 Å². The van der Waals surface area contributed by atoms with Crippen LogP contribution in [0.25, 0.3) is 11.1 Å². The standard InChI is InChI=1S/C24H26N2O/c1-17-10-12-21(13-11-17)18(2)25-16-20-6-4-7-22(14-20)23-8-5-9-24(15-23)26-19(3)27/h4-15,18,25H,16H2,1-3H3,(H,26,27). The zero-order chi connectivity index (χ0) is 19.2. The fourth-order valence-corrected chi connectivity index (χ4v) is 3.08. The molecule has 0 heterocycles. The Kier molecular flexibility index (Phi) is 6.05. The summed E-state index contributed by atoms with van der Waals surface area (Å²) in [6.07, 6.45) is 0. The molecule has 3 heteroatoms. The lowest BCUT2D eigenvalue weighted by Gasteiger charge is -2.15. The third kappa shape index (κ3) is 5.28. The van der Waals surface area contributed by atoms with E-state index in [0.29, 0.717) is 0 Å². The molecular weight excluding hydrogens is 332 g/mol. The summed E-state index contributed by atoms with van der Waals surface area (Å²) in [5, 5.41) is 6.43. The first kappa shape index (κ1) is 18.9. The van der Waals surface area contributed by atoms with Crippen molar-refractivity contribution in [2.75, 3.05) is 5.32 Å². The quantitative estimate of drug-likeness (QED) is 0.613. The van der Waals surface area contributed by atoms with Gasteiger partial charge >= 0.3 is 0 Å². The summed E-state index contributed by atoms with van der Waals surface area (Å²) >= 11 is 0. The van der Waals surface area contributed by atoms with E-state index in [2.05, 4.69) is 79.1 Å². The van der Waals surface area contributed by atoms with Crippen molar-refractivity contribution >= 4 is 11.6 Å². The lowest BCUT2D eigenvalue weighted by Crippen LogP contribution is -2.18. The van der Waals surface area contributed by atoms with Crippen molar-refractivity contribution in [3.8, 4) is 11.1 Å². The number of rotatable bonds is 6. The smallest absolute Gasteiger partial charge is 0.221 e. The Hall–Kier alpha value is -2.91. The minimum atomic E-state index is -0.0600. The van der Waals surface area contributed by atoms with Gasteiger partial charge in [0, 0.05) is 25.2 Å². The molecule has 0 aromatic heterocycles. The number of nitrogens with one attached hydrogen (secondary N) is 2. The monoisotopic (exact) mass is 358 g/mol. The molecule has 3 aromatic carbocycles. The maximum Gasteiger partial charge on any atom is 0.221 e. The minimum absolute atomic E-state index is 0.0600. The zero-order valence-electron chi connectivity index (χ0n) is 16.1. The van der Waals surface area contributed by atoms with Crippen molar-refractivity contribution in [1.29, 1.82) is 0 Å². The Morgan fingerprint density at radius 2 is 1.59 bits per heavy atom. The number of benzene rings is 3. The molecule has 1 unspecified atom stereocenters. The van der Waals surface area contributed by atoms with Crippen molar-refractivity contribution in [2.24, 2.45) is 0 Å². The molecule has 2 N–H and O–H groups in total. The van der Waals surface area contributed by atoms with Gasteiger partial charge in [-0.15, -0.1) is 0 Å². The van der Waals surface area contributed by atoms with Gasteiger partial charge in [-0.3, -0.25) is 4.79 Å². The van der Waals surface area contributed by atoms with Crippen molar-refractivity contribution in [1.82, 2.24) is 5.32 Å². The van der Waals surface area contributed by atoms with Crippen LogP contribution < -0.4 is 10.6 Å². The van der Waals surface area contributed by atoms with Crippen molar-refractivity contribution < 1.29 is 4.79 Å². The molecule has 3 rings (SSSR count). The van der Waals surface area contributed by atoms with Crippen LogP contribution in [0.5, 0.6) is 0 Å². The third-order valence-corrected chi connectivity index (χ3v) is 4.63. The Bertz CT molecular complexity index is 916. The van der Waals surface area contributed by atoms with Gasteiger partial charge in [-0.05, 0) is 54.3 Å². The number of hydrogen-bond donors (Lipinski definition) is 2. The Balaban J connectivity index is 1.70. The molecule has 3 aromatic rings. The molecule has 0 bridgehead atoms. The summed E-state index contributed by atoms with van der Waals surface area (Å²) < 4.78 is 0. The lowest BCUT2D eigenvalue weighted by molar-refractivity contribution is -0.114. The molecule has 27 heavy (non-hydrogen) atoms. The SMILES string of the molecule is CC(=O)Nc1cccc(-c2cccc(CNC(C)c3ccc(C)cc3)c2)c1. The summed E-state index contributed by atoms with van der Waals surface area (Å²) in [6.45, 7) is 6.61. The van der Waals surface area contributed by atoms with Crippen LogP contribution in [0.4, 0.5) is 5.69 Å². The van der Waals surface area contributed by atoms with Crippen LogP contribution >= 0.6 is 0 Å². The Labute approximate surface area is 161 Å². The van der Waals surface area contributed by atoms with E-state index >= 15 is 0 Å². The summed E-state index contributed by atoms with van der Waals surface area (Å²) in [4.78, 5) is 11.3. The Morgan fingerprint density at radius 3 is 2.30 bits per heavy atom. The number of carbonyl (C=O) groups is 1. The molecule has 0 aliphatic carbocycles. The molecular formula is C24H26N2O. The van der Waals surface area contributed by atoms with Crippen LogP contribution in [0, 0.1) is 6.92 Å². The Morgan fingerprint density at radius 1 is 0.926 bits per heavy atom. The van der Waals surface area contributed by atoms with Gasteiger partial charge in [0.2, 0.25) is 5.91 Å². The van der Waals surface area contributed by atoms with Gasteiger partial charge < -0.3 is 10.6 Å². The topological polar surface area (TPSA) is 41.1 Å². The van der Waals surface area contributed by atoms with E-state index in [4.69, 9.17) is 0 Å². The first-order chi connectivity index (χ1) is 13.0. The number of anilines is 1. The highest BCUT2D eigenvalue weighted by Crippen LogP contribution is 2.24. The van der Waals surface area contributed by atoms with Crippen LogP contribution in [0.15, 0.2) is 72.8 Å². The van der Waals surface area contributed by atoms with E-state index < -0.39 is 0 Å². The summed E-state index contributed by atoms with van der Waals surface area (Å²) in [7, 11) is 0. The van der Waals surface area contributed by atoms with E-state index in [1.165, 1.54) is 23.6 Å². The van der Waals surface area contributed by atoms with Gasteiger partial charge in [-0.1, -0.05) is 60.2 Å². The average molecular weight is 358 g/mol. The summed E-state index contributed by atoms with van der Waals surface area (Å²) in [5.41, 5.74) is 6.85. The second kappa shape index (κ2) is 8.65. The first-order valence-corrected chi connectivity index (χ1v) is 9.28. The average Bonchev–Trinajstić information content (AvgIpc) is 2.66. The summed E-state index contributed by atoms with van der Waals surface area (Å²) in [6, 6.07) is 25.4. The highest BCUT2D eigenvalue weighted by molar-refractivity contribution is 5.89. The predicted molar refractivity (Wildman–Crippen MR) is 113 cm³/mol. The molecule has 0 radical (unpaired) electrons. The highest BCUT2D eigenvalue weighted by atomic mass is 16.1. The number of aryl methyl sites for hydroxylation is 1. The van der Waals surface area contributed by atoms with Gasteiger partial charge in [-0.2, -0.15) is 0 Å². The second-order valence-electron chi connectivity index (χ2n) is 6.98. The normalized spacial score (nSPS) is 11.8. The molecule has 0 aliphatic rings. The van der Waals surface area contributed by atoms with Crippen LogP contribution in [-0.4, -0.2) is 5.91 Å². The first-order valence-electron chi connectivity index (χ1n) is 9.28. The zero-order valence-corrected chi connectivity index (χ0v) is 16.1. The molecule has 3 nitrogen and oxygen atoms in total. The number of carbonyl (C=O) groups excluding carboxylic acids is 1. The molecule has 0 saturated carbocycles. The van der Waals surface area contributed by atoms with Gasteiger partial charge in [0.05, 0.1) is 0 Å². The highest BCUT2D eigenvalue weighted by Gasteiger charge is 2.06. The van der Waals surface area contributed by atoms with Crippen LogP contribution in [-0.2, 0) is 11.3 Å². The van der Waals surface area contributed by atoms with Gasteiger partial charge in [0.25, 0.3) is 0 Å². The van der Waals surface area contributed by atoms with Crippen LogP contribution in [0.1, 0.15) is 36.6 Å². The van der Waals surface area contributed by atoms with E-state index in [0.717, 1.165) is 23.4 Å². The van der Waals surface area contributed by atoms with E-state index in [1.54, 1.807) is 0 Å². The number of amides is 1. The third-order valence-electron chi connectivity index (χ3n) is 4.63. The van der Waals surface area contributed by atoms with Crippen molar-refractivity contribution in [2.45, 2.75) is 33.4 Å². The molecule has 0 aliphatic heterocycles. The summed E-state index contributed by atoms with van der Waals surface area (Å²) in [5.74, 6) is -0.0600. The number of hydrogen-bond acceptors (Lipinski definition) is 2. The van der Waals surface area contributed by atoms with Crippen molar-refractivity contribution in [3.05, 3.63) is 89.5 Å². The maximum atomic E-state index is 11.3. The van der Waals surface area contributed by atoms with E-state index in [-0.39, 0.29) is 11.9 Å². The fraction of sp³-hybridized carbons (Fsp3) is 0.208. The molecule has 1 amide bonds. The van der Waals surface area contributed by atoms with Crippen LogP contribution in [0.3, 0.4) is 0 Å². The largest absolute Gasteiger partial charge is 0.326 e. The molecule has 0 spiro atoms. The van der Waals surface area contributed by atoms with E-state index in [1.807, 2.05) is 18.2 Å². The molecule has 1 atom stereocenters. The predicted octanol–water partition coefficient (Wildman–Crippen LogP) is 5.47. The van der Waals surface area contributed by atoms with Crippen LogP contribution in [0.2, 0.25) is 0 Å².